The zero-order chi connectivity index (χ0) is 24.9. The van der Waals surface area contributed by atoms with Crippen LogP contribution in [0.2, 0.25) is 0 Å². The minimum absolute atomic E-state index is 0.0351. The smallest absolute Gasteiger partial charge is 0.336 e. The second-order valence-electron chi connectivity index (χ2n) is 7.74. The van der Waals surface area contributed by atoms with Crippen molar-refractivity contribution in [3.63, 3.8) is 0 Å². The molecule has 11 nitrogen and oxygen atoms in total. The van der Waals surface area contributed by atoms with Crippen LogP contribution in [0.15, 0.2) is 30.3 Å². The van der Waals surface area contributed by atoms with Crippen LogP contribution in [0.5, 0.6) is 51.7 Å². The monoisotopic (exact) mass is 472 g/mol. The van der Waals surface area contributed by atoms with E-state index in [-0.39, 0.29) is 40.4 Å². The third kappa shape index (κ3) is 3.52. The number of phenolic OH excluding ortho intramolecular Hbond substituents is 7. The molecule has 1 heterocycles. The summed E-state index contributed by atoms with van der Waals surface area (Å²) < 4.78 is 11.0. The van der Waals surface area contributed by atoms with Gasteiger partial charge in [-0.15, -0.1) is 0 Å². The molecule has 0 bridgehead atoms. The average molecular weight is 472 g/mol. The summed E-state index contributed by atoms with van der Waals surface area (Å²) in [5, 5.41) is 80.8. The Labute approximate surface area is 191 Å². The van der Waals surface area contributed by atoms with E-state index in [0.717, 1.165) is 31.4 Å². The number of hydrogen-bond acceptors (Lipinski definition) is 10. The summed E-state index contributed by atoms with van der Waals surface area (Å²) in [6, 6.07) is 5.33. The quantitative estimate of drug-likeness (QED) is 0.260. The molecular formula is C23H20O11. The summed E-state index contributed by atoms with van der Waals surface area (Å²) in [4.78, 5) is 12.0. The zero-order valence-electron chi connectivity index (χ0n) is 17.6. The van der Waals surface area contributed by atoms with Gasteiger partial charge in [-0.1, -0.05) is 0 Å². The van der Waals surface area contributed by atoms with Gasteiger partial charge in [0.2, 0.25) is 5.75 Å². The first kappa shape index (κ1) is 22.5. The number of phenols is 7. The molecule has 1 aliphatic rings. The zero-order valence-corrected chi connectivity index (χ0v) is 17.6. The third-order valence-corrected chi connectivity index (χ3v) is 5.71. The van der Waals surface area contributed by atoms with E-state index >= 15 is 0 Å². The van der Waals surface area contributed by atoms with E-state index in [1.165, 1.54) is 6.07 Å². The van der Waals surface area contributed by atoms with Crippen molar-refractivity contribution in [2.75, 3.05) is 7.11 Å². The Morgan fingerprint density at radius 1 is 0.882 bits per heavy atom. The first-order valence-corrected chi connectivity index (χ1v) is 9.85. The van der Waals surface area contributed by atoms with Crippen LogP contribution in [0, 0.1) is 0 Å². The minimum Gasteiger partial charge on any atom is -0.508 e. The fourth-order valence-electron chi connectivity index (χ4n) is 4.22. The fourth-order valence-corrected chi connectivity index (χ4v) is 4.22. The normalized spacial score (nSPS) is 17.0. The van der Waals surface area contributed by atoms with Crippen LogP contribution in [0.25, 0.3) is 0 Å². The molecule has 0 fully saturated rings. The molecule has 11 heteroatoms. The lowest BCUT2D eigenvalue weighted by Crippen LogP contribution is -2.26. The summed E-state index contributed by atoms with van der Waals surface area (Å²) in [5.41, 5.74) is -0.427. The van der Waals surface area contributed by atoms with Crippen molar-refractivity contribution in [3.05, 3.63) is 52.6 Å². The second kappa shape index (κ2) is 8.03. The first-order chi connectivity index (χ1) is 16.0. The van der Waals surface area contributed by atoms with Crippen molar-refractivity contribution in [1.82, 2.24) is 0 Å². The van der Waals surface area contributed by atoms with E-state index in [4.69, 9.17) is 9.47 Å². The molecule has 1 unspecified atom stereocenters. The topological polar surface area (TPSA) is 197 Å². The van der Waals surface area contributed by atoms with E-state index < -0.39 is 58.1 Å². The van der Waals surface area contributed by atoms with Gasteiger partial charge in [0, 0.05) is 34.7 Å². The molecular weight excluding hydrogens is 452 g/mol. The number of benzene rings is 3. The lowest BCUT2D eigenvalue weighted by atomic mass is 9.79. The van der Waals surface area contributed by atoms with Gasteiger partial charge in [0.1, 0.15) is 23.4 Å². The van der Waals surface area contributed by atoms with Crippen LogP contribution in [0.1, 0.15) is 39.1 Å². The van der Waals surface area contributed by atoms with E-state index in [1.54, 1.807) is 0 Å². The summed E-state index contributed by atoms with van der Waals surface area (Å²) in [5.74, 6) is -7.06. The largest absolute Gasteiger partial charge is 0.508 e. The average Bonchev–Trinajstić information content (AvgIpc) is 2.76. The highest BCUT2D eigenvalue weighted by Gasteiger charge is 2.40. The molecule has 0 aromatic heterocycles. The standard InChI is InChI=1S/C23H20O11/c1-33-22-16(28)7-12(23(31)32)18(20(22)30)11-6-10-13(25)4-9(24)5-17(10)34-21(11)8-2-14(26)19(29)15(27)3-8/h2-5,7,11,21,24-30H,6H2,1H3,(H,31,32)/t11?,21-/m0/s1. The second-order valence-corrected chi connectivity index (χ2v) is 7.74. The highest BCUT2D eigenvalue weighted by molar-refractivity contribution is 5.92. The molecule has 2 atom stereocenters. The molecule has 4 rings (SSSR count). The lowest BCUT2D eigenvalue weighted by molar-refractivity contribution is 0.0690. The summed E-state index contributed by atoms with van der Waals surface area (Å²) in [6.07, 6.45) is -1.33. The Morgan fingerprint density at radius 2 is 1.53 bits per heavy atom. The maximum Gasteiger partial charge on any atom is 0.336 e. The Bertz CT molecular complexity index is 1290. The van der Waals surface area contributed by atoms with Crippen LogP contribution < -0.4 is 9.47 Å². The van der Waals surface area contributed by atoms with E-state index in [1.807, 2.05) is 0 Å². The van der Waals surface area contributed by atoms with Gasteiger partial charge >= 0.3 is 5.97 Å². The van der Waals surface area contributed by atoms with Gasteiger partial charge in [0.15, 0.2) is 28.7 Å². The van der Waals surface area contributed by atoms with Crippen LogP contribution in [-0.2, 0) is 6.42 Å². The van der Waals surface area contributed by atoms with Gasteiger partial charge in [-0.25, -0.2) is 4.79 Å². The van der Waals surface area contributed by atoms with Gasteiger partial charge < -0.3 is 50.3 Å². The van der Waals surface area contributed by atoms with Crippen LogP contribution in [0.4, 0.5) is 0 Å². The number of fused-ring (bicyclic) bond motifs is 1. The predicted molar refractivity (Wildman–Crippen MR) is 114 cm³/mol. The molecule has 0 spiro atoms. The maximum absolute atomic E-state index is 12.0. The third-order valence-electron chi connectivity index (χ3n) is 5.71. The summed E-state index contributed by atoms with van der Waals surface area (Å²) in [7, 11) is 1.16. The van der Waals surface area contributed by atoms with Crippen molar-refractivity contribution < 1.29 is 55.1 Å². The molecule has 0 radical (unpaired) electrons. The highest BCUT2D eigenvalue weighted by Crippen LogP contribution is 2.54. The lowest BCUT2D eigenvalue weighted by Gasteiger charge is -2.36. The van der Waals surface area contributed by atoms with Crippen molar-refractivity contribution >= 4 is 5.97 Å². The minimum atomic E-state index is -1.49. The van der Waals surface area contributed by atoms with Crippen LogP contribution in [0.3, 0.4) is 0 Å². The Hall–Kier alpha value is -4.67. The number of carboxylic acid groups (broad SMARTS) is 1. The first-order valence-electron chi connectivity index (χ1n) is 9.85. The summed E-state index contributed by atoms with van der Waals surface area (Å²) >= 11 is 0. The molecule has 0 saturated carbocycles. The molecule has 34 heavy (non-hydrogen) atoms. The Kier molecular flexibility index (Phi) is 5.32. The van der Waals surface area contributed by atoms with Gasteiger partial charge in [0.25, 0.3) is 0 Å². The molecule has 8 N–H and O–H groups in total. The van der Waals surface area contributed by atoms with Crippen molar-refractivity contribution in [1.29, 1.82) is 0 Å². The van der Waals surface area contributed by atoms with Crippen LogP contribution >= 0.6 is 0 Å². The summed E-state index contributed by atoms with van der Waals surface area (Å²) in [6.45, 7) is 0. The van der Waals surface area contributed by atoms with Crippen molar-refractivity contribution in [2.24, 2.45) is 0 Å². The fraction of sp³-hybridized carbons (Fsp3) is 0.174. The SMILES string of the molecule is COc1c(O)cc(C(=O)O)c(C2Cc3c(O)cc(O)cc3O[C@H]2c2cc(O)c(O)c(O)c2)c1O. The molecule has 3 aromatic rings. The Balaban J connectivity index is 2.01. The number of rotatable bonds is 4. The van der Waals surface area contributed by atoms with E-state index in [9.17, 15) is 45.6 Å². The number of carbonyl (C=O) groups is 1. The van der Waals surface area contributed by atoms with Gasteiger partial charge in [-0.05, 0) is 24.6 Å². The maximum atomic E-state index is 12.0. The Morgan fingerprint density at radius 3 is 2.12 bits per heavy atom. The molecule has 0 aliphatic carbocycles. The molecule has 178 valence electrons. The number of aromatic hydroxyl groups is 7. The van der Waals surface area contributed by atoms with Crippen molar-refractivity contribution in [3.8, 4) is 51.7 Å². The number of hydrogen-bond donors (Lipinski definition) is 8. The number of methoxy groups -OCH3 is 1. The van der Waals surface area contributed by atoms with Gasteiger partial charge in [-0.3, -0.25) is 0 Å². The molecule has 0 amide bonds. The number of ether oxygens (including phenoxy) is 2. The van der Waals surface area contributed by atoms with Crippen LogP contribution in [-0.4, -0.2) is 53.9 Å². The molecule has 1 aliphatic heterocycles. The number of aromatic carboxylic acids is 1. The van der Waals surface area contributed by atoms with Gasteiger partial charge in [0.05, 0.1) is 12.7 Å². The molecule has 3 aromatic carbocycles. The van der Waals surface area contributed by atoms with E-state index in [0.29, 0.717) is 0 Å². The molecule has 0 saturated heterocycles. The van der Waals surface area contributed by atoms with Gasteiger partial charge in [-0.2, -0.15) is 0 Å². The van der Waals surface area contributed by atoms with Crippen molar-refractivity contribution in [2.45, 2.75) is 18.4 Å². The number of carboxylic acids is 1. The highest BCUT2D eigenvalue weighted by atomic mass is 16.5. The van der Waals surface area contributed by atoms with E-state index in [2.05, 4.69) is 0 Å². The predicted octanol–water partition coefficient (Wildman–Crippen LogP) is 2.79.